The quantitative estimate of drug-likeness (QED) is 0.525. The van der Waals surface area contributed by atoms with Crippen LogP contribution in [0.1, 0.15) is 6.92 Å². The number of carbonyl (C=O) groups is 1. The van der Waals surface area contributed by atoms with Gasteiger partial charge in [-0.25, -0.2) is 4.98 Å². The minimum atomic E-state index is -0.262. The van der Waals surface area contributed by atoms with E-state index in [2.05, 4.69) is 26.2 Å². The lowest BCUT2D eigenvalue weighted by molar-refractivity contribution is -0.120. The van der Waals surface area contributed by atoms with Gasteiger partial charge in [0.15, 0.2) is 5.15 Å². The average molecular weight is 419 g/mol. The largest absolute Gasteiger partial charge is 0.489 e. The fraction of sp³-hybridized carbons (Fsp3) is 0.429. The first-order valence-electron chi connectivity index (χ1n) is 9.71. The predicted octanol–water partition coefficient (Wildman–Crippen LogP) is 2.91. The number of benzene rings is 1. The number of pyridine rings is 1. The summed E-state index contributed by atoms with van der Waals surface area (Å²) in [5.41, 5.74) is 1.61. The fourth-order valence-electron chi connectivity index (χ4n) is 3.31. The fourth-order valence-corrected chi connectivity index (χ4v) is 3.47. The predicted molar refractivity (Wildman–Crippen MR) is 115 cm³/mol. The molecule has 0 spiro atoms. The summed E-state index contributed by atoms with van der Waals surface area (Å²) < 4.78 is 10.9. The number of anilines is 2. The number of rotatable bonds is 8. The molecule has 0 saturated carbocycles. The monoisotopic (exact) mass is 418 g/mol. The van der Waals surface area contributed by atoms with E-state index in [1.54, 1.807) is 25.4 Å². The third-order valence-corrected chi connectivity index (χ3v) is 5.31. The van der Waals surface area contributed by atoms with Crippen LogP contribution in [0.3, 0.4) is 0 Å². The third kappa shape index (κ3) is 5.59. The first-order valence-corrected chi connectivity index (χ1v) is 10.1. The van der Waals surface area contributed by atoms with E-state index in [1.165, 1.54) is 0 Å². The highest BCUT2D eigenvalue weighted by atomic mass is 35.5. The molecule has 0 unspecified atom stereocenters. The van der Waals surface area contributed by atoms with Gasteiger partial charge < -0.3 is 19.7 Å². The summed E-state index contributed by atoms with van der Waals surface area (Å²) in [6.45, 7) is 6.17. The lowest BCUT2D eigenvalue weighted by atomic mass is 10.2. The van der Waals surface area contributed by atoms with Gasteiger partial charge in [-0.3, -0.25) is 9.69 Å². The van der Waals surface area contributed by atoms with Crippen LogP contribution in [0.25, 0.3) is 0 Å². The van der Waals surface area contributed by atoms with Crippen LogP contribution in [-0.2, 0) is 9.53 Å². The zero-order valence-corrected chi connectivity index (χ0v) is 17.6. The second-order valence-electron chi connectivity index (χ2n) is 6.84. The standard InChI is InChI=1S/C21H27ClN4O3/c1-16(21(27)24-17-6-5-9-23-20(17)22)25-10-12-26(13-11-25)18-7-3-4-8-19(18)29-15-14-28-2/h3-9,16H,10-15H2,1-2H3,(H,24,27)/t16-/m1/s1. The number of nitrogens with one attached hydrogen (secondary N) is 1. The van der Waals surface area contributed by atoms with Crippen molar-refractivity contribution in [3.05, 3.63) is 47.7 Å². The highest BCUT2D eigenvalue weighted by Crippen LogP contribution is 2.29. The maximum Gasteiger partial charge on any atom is 0.241 e. The Bertz CT molecular complexity index is 812. The van der Waals surface area contributed by atoms with Crippen molar-refractivity contribution >= 4 is 28.9 Å². The van der Waals surface area contributed by atoms with E-state index >= 15 is 0 Å². The van der Waals surface area contributed by atoms with Crippen molar-refractivity contribution in [2.75, 3.05) is 56.7 Å². The summed E-state index contributed by atoms with van der Waals surface area (Å²) >= 11 is 6.04. The van der Waals surface area contributed by atoms with Crippen molar-refractivity contribution in [3.63, 3.8) is 0 Å². The van der Waals surface area contributed by atoms with Crippen LogP contribution in [0.5, 0.6) is 5.75 Å². The van der Waals surface area contributed by atoms with E-state index in [1.807, 2.05) is 25.1 Å². The summed E-state index contributed by atoms with van der Waals surface area (Å²) in [7, 11) is 1.66. The lowest BCUT2D eigenvalue weighted by Crippen LogP contribution is -2.52. The van der Waals surface area contributed by atoms with Gasteiger partial charge in [0, 0.05) is 39.5 Å². The van der Waals surface area contributed by atoms with Gasteiger partial charge in [0.2, 0.25) is 5.91 Å². The first kappa shape index (κ1) is 21.4. The van der Waals surface area contributed by atoms with Gasteiger partial charge in [0.05, 0.1) is 24.0 Å². The number of aromatic nitrogens is 1. The summed E-state index contributed by atoms with van der Waals surface area (Å²) in [4.78, 5) is 21.1. The number of piperazine rings is 1. The zero-order valence-electron chi connectivity index (χ0n) is 16.8. The SMILES string of the molecule is COCCOc1ccccc1N1CCN([C@H](C)C(=O)Nc2cccnc2Cl)CC1. The van der Waals surface area contributed by atoms with Gasteiger partial charge in [-0.15, -0.1) is 0 Å². The Balaban J connectivity index is 1.56. The van der Waals surface area contributed by atoms with Crippen LogP contribution < -0.4 is 15.0 Å². The van der Waals surface area contributed by atoms with Crippen molar-refractivity contribution in [1.29, 1.82) is 0 Å². The molecule has 1 aromatic heterocycles. The molecule has 3 rings (SSSR count). The van der Waals surface area contributed by atoms with E-state index in [0.717, 1.165) is 37.6 Å². The number of ether oxygens (including phenoxy) is 2. The molecule has 2 heterocycles. The minimum absolute atomic E-state index is 0.0864. The van der Waals surface area contributed by atoms with E-state index in [4.69, 9.17) is 21.1 Å². The third-order valence-electron chi connectivity index (χ3n) is 5.01. The van der Waals surface area contributed by atoms with Gasteiger partial charge >= 0.3 is 0 Å². The second kappa shape index (κ2) is 10.4. The van der Waals surface area contributed by atoms with Crippen LogP contribution in [-0.4, -0.2) is 68.3 Å². The van der Waals surface area contributed by atoms with Crippen molar-refractivity contribution in [3.8, 4) is 5.75 Å². The van der Waals surface area contributed by atoms with Gasteiger partial charge in [0.1, 0.15) is 12.4 Å². The number of para-hydroxylation sites is 2. The zero-order chi connectivity index (χ0) is 20.6. The molecule has 0 radical (unpaired) electrons. The number of methoxy groups -OCH3 is 1. The molecule has 1 aliphatic rings. The molecule has 29 heavy (non-hydrogen) atoms. The molecule has 0 bridgehead atoms. The second-order valence-corrected chi connectivity index (χ2v) is 7.20. The molecule has 2 aromatic rings. The molecule has 1 N–H and O–H groups in total. The highest BCUT2D eigenvalue weighted by Gasteiger charge is 2.27. The van der Waals surface area contributed by atoms with E-state index in [0.29, 0.717) is 24.1 Å². The Morgan fingerprint density at radius 1 is 1.17 bits per heavy atom. The first-order chi connectivity index (χ1) is 14.1. The maximum atomic E-state index is 12.6. The lowest BCUT2D eigenvalue weighted by Gasteiger charge is -2.39. The molecule has 1 amide bonds. The Morgan fingerprint density at radius 2 is 1.93 bits per heavy atom. The molecule has 1 aromatic carbocycles. The maximum absolute atomic E-state index is 12.6. The van der Waals surface area contributed by atoms with E-state index in [9.17, 15) is 4.79 Å². The summed E-state index contributed by atoms with van der Waals surface area (Å²) in [6, 6.07) is 11.3. The van der Waals surface area contributed by atoms with Gasteiger partial charge in [-0.05, 0) is 31.2 Å². The number of hydrogen-bond acceptors (Lipinski definition) is 6. The molecule has 1 fully saturated rings. The number of hydrogen-bond donors (Lipinski definition) is 1. The molecule has 7 nitrogen and oxygen atoms in total. The molecule has 1 aliphatic heterocycles. The van der Waals surface area contributed by atoms with E-state index in [-0.39, 0.29) is 11.9 Å². The van der Waals surface area contributed by atoms with Crippen molar-refractivity contribution in [2.24, 2.45) is 0 Å². The van der Waals surface area contributed by atoms with Gasteiger partial charge in [-0.1, -0.05) is 23.7 Å². The molecule has 0 aliphatic carbocycles. The Kier molecular flexibility index (Phi) is 7.69. The number of nitrogens with zero attached hydrogens (tertiary/aromatic N) is 3. The van der Waals surface area contributed by atoms with Crippen molar-refractivity contribution in [2.45, 2.75) is 13.0 Å². The van der Waals surface area contributed by atoms with Crippen LogP contribution in [0, 0.1) is 0 Å². The Labute approximate surface area is 176 Å². The van der Waals surface area contributed by atoms with Gasteiger partial charge in [-0.2, -0.15) is 0 Å². The minimum Gasteiger partial charge on any atom is -0.489 e. The molecule has 1 saturated heterocycles. The topological polar surface area (TPSA) is 66.9 Å². The highest BCUT2D eigenvalue weighted by molar-refractivity contribution is 6.32. The van der Waals surface area contributed by atoms with Crippen LogP contribution >= 0.6 is 11.6 Å². The van der Waals surface area contributed by atoms with Crippen molar-refractivity contribution < 1.29 is 14.3 Å². The normalized spacial score (nSPS) is 15.8. The average Bonchev–Trinajstić information content (AvgIpc) is 2.75. The van der Waals surface area contributed by atoms with Crippen molar-refractivity contribution in [1.82, 2.24) is 9.88 Å². The molecule has 8 heteroatoms. The Hall–Kier alpha value is -2.35. The number of amides is 1. The molecule has 1 atom stereocenters. The van der Waals surface area contributed by atoms with E-state index < -0.39 is 0 Å². The van der Waals surface area contributed by atoms with Gasteiger partial charge in [0.25, 0.3) is 0 Å². The summed E-state index contributed by atoms with van der Waals surface area (Å²) in [6.07, 6.45) is 1.59. The summed E-state index contributed by atoms with van der Waals surface area (Å²) in [5.74, 6) is 0.770. The van der Waals surface area contributed by atoms with Crippen LogP contribution in [0.2, 0.25) is 5.15 Å². The summed E-state index contributed by atoms with van der Waals surface area (Å²) in [5, 5.41) is 3.16. The number of carbonyl (C=O) groups excluding carboxylic acids is 1. The molecular weight excluding hydrogens is 392 g/mol. The molecular formula is C21H27ClN4O3. The number of halogens is 1. The molecule has 156 valence electrons. The Morgan fingerprint density at radius 3 is 2.66 bits per heavy atom. The van der Waals surface area contributed by atoms with Crippen LogP contribution in [0.15, 0.2) is 42.6 Å². The smallest absolute Gasteiger partial charge is 0.241 e. The van der Waals surface area contributed by atoms with Crippen LogP contribution in [0.4, 0.5) is 11.4 Å².